The first-order chi connectivity index (χ1) is 11.0. The van der Waals surface area contributed by atoms with Crippen LogP contribution >= 0.6 is 11.6 Å². The van der Waals surface area contributed by atoms with Crippen LogP contribution in [-0.2, 0) is 11.2 Å². The van der Waals surface area contributed by atoms with Gasteiger partial charge in [0.05, 0.1) is 24.1 Å². The average molecular weight is 327 g/mol. The van der Waals surface area contributed by atoms with E-state index < -0.39 is 0 Å². The largest absolute Gasteiger partial charge is 0.335 e. The van der Waals surface area contributed by atoms with Crippen molar-refractivity contribution in [1.82, 2.24) is 4.90 Å². The summed E-state index contributed by atoms with van der Waals surface area (Å²) in [4.78, 5) is 14.5. The standard InChI is InChI=1S/C19H19ClN2O/c1-4-14-9-10-22(13(3)16(14)5-2)19(23)11-17-15(12-21)7-6-8-18(17)20/h4-8,13H,1-2,9-11H2,3H3. The Labute approximate surface area is 142 Å². The maximum absolute atomic E-state index is 12.7. The van der Waals surface area contributed by atoms with E-state index in [-0.39, 0.29) is 18.4 Å². The number of nitrogens with zero attached hydrogens (tertiary/aromatic N) is 2. The molecule has 0 aromatic heterocycles. The van der Waals surface area contributed by atoms with E-state index in [1.165, 1.54) is 0 Å². The van der Waals surface area contributed by atoms with Crippen molar-refractivity contribution in [3.63, 3.8) is 0 Å². The Kier molecular flexibility index (Phi) is 5.41. The van der Waals surface area contributed by atoms with Crippen molar-refractivity contribution in [3.05, 3.63) is 70.8 Å². The Morgan fingerprint density at radius 3 is 2.83 bits per heavy atom. The molecule has 1 amide bonds. The molecule has 1 unspecified atom stereocenters. The highest BCUT2D eigenvalue weighted by Gasteiger charge is 2.28. The average Bonchev–Trinajstić information content (AvgIpc) is 2.55. The van der Waals surface area contributed by atoms with Crippen LogP contribution in [0, 0.1) is 11.3 Å². The zero-order valence-electron chi connectivity index (χ0n) is 13.2. The van der Waals surface area contributed by atoms with Gasteiger partial charge in [0.1, 0.15) is 0 Å². The van der Waals surface area contributed by atoms with Gasteiger partial charge in [0, 0.05) is 11.6 Å². The SMILES string of the molecule is C=CC1=C(C=C)C(C)N(C(=O)Cc2c(Cl)cccc2C#N)CC1. The van der Waals surface area contributed by atoms with Crippen LogP contribution in [0.4, 0.5) is 0 Å². The molecule has 2 rings (SSSR count). The number of hydrogen-bond acceptors (Lipinski definition) is 2. The molecule has 0 aliphatic carbocycles. The quantitative estimate of drug-likeness (QED) is 0.838. The number of nitriles is 1. The van der Waals surface area contributed by atoms with Gasteiger partial charge in [-0.2, -0.15) is 5.26 Å². The number of rotatable bonds is 4. The van der Waals surface area contributed by atoms with Crippen LogP contribution in [0.25, 0.3) is 0 Å². The van der Waals surface area contributed by atoms with Crippen LogP contribution in [-0.4, -0.2) is 23.4 Å². The molecule has 0 saturated heterocycles. The van der Waals surface area contributed by atoms with Gasteiger partial charge in [-0.25, -0.2) is 0 Å². The molecule has 1 aliphatic heterocycles. The number of hydrogen-bond donors (Lipinski definition) is 0. The first kappa shape index (κ1) is 17.1. The van der Waals surface area contributed by atoms with Gasteiger partial charge in [0.25, 0.3) is 0 Å². The Bertz CT molecular complexity index is 727. The van der Waals surface area contributed by atoms with Gasteiger partial charge >= 0.3 is 0 Å². The molecule has 1 atom stereocenters. The summed E-state index contributed by atoms with van der Waals surface area (Å²) in [7, 11) is 0. The fraction of sp³-hybridized carbons (Fsp3) is 0.263. The van der Waals surface area contributed by atoms with E-state index in [1.807, 2.05) is 17.9 Å². The second-order valence-electron chi connectivity index (χ2n) is 5.46. The Balaban J connectivity index is 2.27. The van der Waals surface area contributed by atoms with E-state index in [2.05, 4.69) is 19.2 Å². The van der Waals surface area contributed by atoms with Crippen LogP contribution in [0.5, 0.6) is 0 Å². The molecule has 0 N–H and O–H groups in total. The molecule has 3 nitrogen and oxygen atoms in total. The number of amides is 1. The van der Waals surface area contributed by atoms with Crippen molar-refractivity contribution in [1.29, 1.82) is 5.26 Å². The van der Waals surface area contributed by atoms with Gasteiger partial charge in [-0.05, 0) is 42.2 Å². The molecule has 0 bridgehead atoms. The number of allylic oxidation sites excluding steroid dienone is 1. The summed E-state index contributed by atoms with van der Waals surface area (Å²) in [6.07, 6.45) is 4.50. The third kappa shape index (κ3) is 3.38. The molecular weight excluding hydrogens is 308 g/mol. The molecular formula is C19H19ClN2O. The highest BCUT2D eigenvalue weighted by atomic mass is 35.5. The fourth-order valence-electron chi connectivity index (χ4n) is 2.97. The second kappa shape index (κ2) is 7.30. The van der Waals surface area contributed by atoms with Crippen LogP contribution in [0.2, 0.25) is 5.02 Å². The van der Waals surface area contributed by atoms with E-state index >= 15 is 0 Å². The molecule has 0 radical (unpaired) electrons. The van der Waals surface area contributed by atoms with Gasteiger partial charge in [0.15, 0.2) is 0 Å². The molecule has 1 aliphatic rings. The normalized spacial score (nSPS) is 17.6. The Morgan fingerprint density at radius 2 is 2.22 bits per heavy atom. The predicted octanol–water partition coefficient (Wildman–Crippen LogP) is 4.04. The first-order valence-electron chi connectivity index (χ1n) is 7.48. The van der Waals surface area contributed by atoms with Gasteiger partial charge < -0.3 is 4.90 Å². The van der Waals surface area contributed by atoms with Crippen molar-refractivity contribution in [2.24, 2.45) is 0 Å². The zero-order valence-corrected chi connectivity index (χ0v) is 13.9. The van der Waals surface area contributed by atoms with Crippen LogP contribution in [0.3, 0.4) is 0 Å². The maximum Gasteiger partial charge on any atom is 0.227 e. The molecule has 4 heteroatoms. The van der Waals surface area contributed by atoms with E-state index in [1.54, 1.807) is 24.3 Å². The summed E-state index contributed by atoms with van der Waals surface area (Å²) in [5.74, 6) is -0.0374. The van der Waals surface area contributed by atoms with Gasteiger partial charge in [-0.1, -0.05) is 43.0 Å². The van der Waals surface area contributed by atoms with Crippen LogP contribution < -0.4 is 0 Å². The maximum atomic E-state index is 12.7. The highest BCUT2D eigenvalue weighted by molar-refractivity contribution is 6.31. The van der Waals surface area contributed by atoms with E-state index in [4.69, 9.17) is 11.6 Å². The topological polar surface area (TPSA) is 44.1 Å². The smallest absolute Gasteiger partial charge is 0.227 e. The lowest BCUT2D eigenvalue weighted by Gasteiger charge is -2.35. The molecule has 0 saturated carbocycles. The lowest BCUT2D eigenvalue weighted by Crippen LogP contribution is -2.44. The van der Waals surface area contributed by atoms with Crippen molar-refractivity contribution in [2.45, 2.75) is 25.8 Å². The Morgan fingerprint density at radius 1 is 1.48 bits per heavy atom. The molecule has 0 fully saturated rings. The molecule has 118 valence electrons. The minimum atomic E-state index is -0.0604. The van der Waals surface area contributed by atoms with Crippen molar-refractivity contribution < 1.29 is 4.79 Å². The molecule has 1 aromatic carbocycles. The minimum absolute atomic E-state index is 0.0374. The lowest BCUT2D eigenvalue weighted by molar-refractivity contribution is -0.132. The third-order valence-electron chi connectivity index (χ3n) is 4.26. The summed E-state index contributed by atoms with van der Waals surface area (Å²) < 4.78 is 0. The van der Waals surface area contributed by atoms with Crippen LogP contribution in [0.1, 0.15) is 24.5 Å². The number of carbonyl (C=O) groups excluding carboxylic acids is 1. The summed E-state index contributed by atoms with van der Waals surface area (Å²) >= 11 is 6.17. The summed E-state index contributed by atoms with van der Waals surface area (Å²) in [6, 6.07) is 7.14. The van der Waals surface area contributed by atoms with Crippen LogP contribution in [0.15, 0.2) is 54.7 Å². The zero-order chi connectivity index (χ0) is 17.0. The third-order valence-corrected chi connectivity index (χ3v) is 4.62. The minimum Gasteiger partial charge on any atom is -0.335 e. The predicted molar refractivity (Wildman–Crippen MR) is 93.1 cm³/mol. The summed E-state index contributed by atoms with van der Waals surface area (Å²) in [5, 5.41) is 9.65. The monoisotopic (exact) mass is 326 g/mol. The van der Waals surface area contributed by atoms with E-state index in [0.717, 1.165) is 17.6 Å². The molecule has 0 spiro atoms. The first-order valence-corrected chi connectivity index (χ1v) is 7.86. The summed E-state index contributed by atoms with van der Waals surface area (Å²) in [6.45, 7) is 10.3. The van der Waals surface area contributed by atoms with E-state index in [9.17, 15) is 10.1 Å². The number of carbonyl (C=O) groups is 1. The van der Waals surface area contributed by atoms with Gasteiger partial charge in [0.2, 0.25) is 5.91 Å². The van der Waals surface area contributed by atoms with Gasteiger partial charge in [-0.15, -0.1) is 0 Å². The Hall–Kier alpha value is -2.31. The number of benzene rings is 1. The number of halogens is 1. The van der Waals surface area contributed by atoms with Crippen molar-refractivity contribution in [3.8, 4) is 6.07 Å². The van der Waals surface area contributed by atoms with Crippen molar-refractivity contribution >= 4 is 17.5 Å². The van der Waals surface area contributed by atoms with Gasteiger partial charge in [-0.3, -0.25) is 4.79 Å². The van der Waals surface area contributed by atoms with Crippen molar-refractivity contribution in [2.75, 3.05) is 6.54 Å². The second-order valence-corrected chi connectivity index (χ2v) is 5.86. The molecule has 1 aromatic rings. The molecule has 1 heterocycles. The summed E-state index contributed by atoms with van der Waals surface area (Å²) in [5.41, 5.74) is 3.19. The highest BCUT2D eigenvalue weighted by Crippen LogP contribution is 2.27. The fourth-order valence-corrected chi connectivity index (χ4v) is 3.21. The van der Waals surface area contributed by atoms with E-state index in [0.29, 0.717) is 22.7 Å². The molecule has 23 heavy (non-hydrogen) atoms. The lowest BCUT2D eigenvalue weighted by atomic mass is 9.92.